The summed E-state index contributed by atoms with van der Waals surface area (Å²) in [5.74, 6) is -0.658. The molecule has 0 N–H and O–H groups in total. The van der Waals surface area contributed by atoms with Gasteiger partial charge in [0, 0.05) is 12.6 Å². The molecule has 1 aliphatic rings. The van der Waals surface area contributed by atoms with Crippen LogP contribution in [0.5, 0.6) is 0 Å². The lowest BCUT2D eigenvalue weighted by molar-refractivity contribution is -0.128. The van der Waals surface area contributed by atoms with Gasteiger partial charge in [-0.15, -0.1) is 0 Å². The molecule has 1 amide bonds. The molecule has 1 aromatic rings. The van der Waals surface area contributed by atoms with Gasteiger partial charge in [-0.2, -0.15) is 5.26 Å². The van der Waals surface area contributed by atoms with E-state index < -0.39 is 18.0 Å². The van der Waals surface area contributed by atoms with E-state index in [4.69, 9.17) is 5.26 Å². The second-order valence-corrected chi connectivity index (χ2v) is 4.02. The standard InChI is InChI=1S/C12H11FN2O/c1-8-3-4-9-10(7-8)15(2)11(16)12(9,13)5-6-14/h3-4,7H,5H2,1-2H3/t12-/m0/s1. The molecular formula is C12H11FN2O. The van der Waals surface area contributed by atoms with E-state index in [-0.39, 0.29) is 0 Å². The van der Waals surface area contributed by atoms with E-state index in [1.54, 1.807) is 24.3 Å². The van der Waals surface area contributed by atoms with Crippen molar-refractivity contribution in [1.82, 2.24) is 0 Å². The van der Waals surface area contributed by atoms with Crippen molar-refractivity contribution in [3.8, 4) is 6.07 Å². The molecule has 2 rings (SSSR count). The monoisotopic (exact) mass is 218 g/mol. The zero-order valence-electron chi connectivity index (χ0n) is 9.12. The third kappa shape index (κ3) is 1.21. The number of rotatable bonds is 1. The lowest BCUT2D eigenvalue weighted by Crippen LogP contribution is -2.34. The highest BCUT2D eigenvalue weighted by Crippen LogP contribution is 2.44. The summed E-state index contributed by atoms with van der Waals surface area (Å²) in [5, 5.41) is 8.62. The van der Waals surface area contributed by atoms with Crippen LogP contribution in [0.1, 0.15) is 17.5 Å². The van der Waals surface area contributed by atoms with Crippen LogP contribution in [0.2, 0.25) is 0 Å². The van der Waals surface area contributed by atoms with Gasteiger partial charge < -0.3 is 4.90 Å². The minimum atomic E-state index is -2.17. The van der Waals surface area contributed by atoms with Crippen molar-refractivity contribution in [3.05, 3.63) is 29.3 Å². The highest BCUT2D eigenvalue weighted by atomic mass is 19.1. The maximum absolute atomic E-state index is 14.5. The van der Waals surface area contributed by atoms with E-state index in [1.807, 2.05) is 6.92 Å². The zero-order valence-corrected chi connectivity index (χ0v) is 9.12. The van der Waals surface area contributed by atoms with Crippen LogP contribution in [-0.2, 0) is 10.5 Å². The number of amides is 1. The molecule has 0 saturated carbocycles. The molecule has 0 radical (unpaired) electrons. The Morgan fingerprint density at radius 1 is 1.56 bits per heavy atom. The van der Waals surface area contributed by atoms with Crippen molar-refractivity contribution >= 4 is 11.6 Å². The first-order valence-electron chi connectivity index (χ1n) is 4.96. The Morgan fingerprint density at radius 2 is 2.25 bits per heavy atom. The molecule has 0 aliphatic carbocycles. The SMILES string of the molecule is Cc1ccc2c(c1)N(C)C(=O)[C@]2(F)CC#N. The van der Waals surface area contributed by atoms with Crippen LogP contribution >= 0.6 is 0 Å². The van der Waals surface area contributed by atoms with Gasteiger partial charge in [0.25, 0.3) is 5.91 Å². The highest BCUT2D eigenvalue weighted by Gasteiger charge is 2.50. The summed E-state index contributed by atoms with van der Waals surface area (Å²) in [7, 11) is 1.53. The number of anilines is 1. The van der Waals surface area contributed by atoms with Gasteiger partial charge in [0.15, 0.2) is 0 Å². The van der Waals surface area contributed by atoms with E-state index in [2.05, 4.69) is 0 Å². The highest BCUT2D eigenvalue weighted by molar-refractivity contribution is 6.06. The van der Waals surface area contributed by atoms with E-state index in [0.29, 0.717) is 11.3 Å². The molecule has 16 heavy (non-hydrogen) atoms. The number of carbonyl (C=O) groups excluding carboxylic acids is 1. The largest absolute Gasteiger partial charge is 0.312 e. The summed E-state index contributed by atoms with van der Waals surface area (Å²) >= 11 is 0. The molecule has 4 heteroatoms. The summed E-state index contributed by atoms with van der Waals surface area (Å²) < 4.78 is 14.5. The van der Waals surface area contributed by atoms with Crippen LogP contribution in [0.25, 0.3) is 0 Å². The second-order valence-electron chi connectivity index (χ2n) is 4.02. The number of aryl methyl sites for hydroxylation is 1. The van der Waals surface area contributed by atoms with Gasteiger partial charge in [-0.3, -0.25) is 4.79 Å². The zero-order chi connectivity index (χ0) is 11.9. The van der Waals surface area contributed by atoms with Crippen molar-refractivity contribution in [2.24, 2.45) is 0 Å². The van der Waals surface area contributed by atoms with Gasteiger partial charge in [0.1, 0.15) is 0 Å². The average Bonchev–Trinajstić information content (AvgIpc) is 2.42. The molecule has 0 saturated heterocycles. The summed E-state index contributed by atoms with van der Waals surface area (Å²) in [6.45, 7) is 1.88. The lowest BCUT2D eigenvalue weighted by Gasteiger charge is -2.14. The van der Waals surface area contributed by atoms with Crippen molar-refractivity contribution in [2.45, 2.75) is 19.0 Å². The predicted octanol–water partition coefficient (Wildman–Crippen LogP) is 2.05. The Morgan fingerprint density at radius 3 is 2.88 bits per heavy atom. The van der Waals surface area contributed by atoms with E-state index in [9.17, 15) is 9.18 Å². The molecule has 1 aliphatic heterocycles. The maximum Gasteiger partial charge on any atom is 0.270 e. The van der Waals surface area contributed by atoms with Crippen LogP contribution in [0.3, 0.4) is 0 Å². The van der Waals surface area contributed by atoms with Crippen molar-refractivity contribution in [1.29, 1.82) is 5.26 Å². The molecular weight excluding hydrogens is 207 g/mol. The molecule has 1 aromatic carbocycles. The summed E-state index contributed by atoms with van der Waals surface area (Å²) in [4.78, 5) is 13.1. The minimum absolute atomic E-state index is 0.298. The van der Waals surface area contributed by atoms with Gasteiger partial charge >= 0.3 is 0 Å². The molecule has 0 fully saturated rings. The number of hydrogen-bond acceptors (Lipinski definition) is 2. The van der Waals surface area contributed by atoms with Crippen LogP contribution in [-0.4, -0.2) is 13.0 Å². The molecule has 82 valence electrons. The Hall–Kier alpha value is -1.89. The first-order valence-corrected chi connectivity index (χ1v) is 4.96. The molecule has 3 nitrogen and oxygen atoms in total. The molecule has 0 unspecified atom stereocenters. The van der Waals surface area contributed by atoms with Gasteiger partial charge in [-0.1, -0.05) is 12.1 Å². The van der Waals surface area contributed by atoms with Crippen molar-refractivity contribution in [2.75, 3.05) is 11.9 Å². The summed E-state index contributed by atoms with van der Waals surface area (Å²) in [5.41, 5.74) is -0.360. The molecule has 1 atom stereocenters. The fourth-order valence-corrected chi connectivity index (χ4v) is 2.02. The topological polar surface area (TPSA) is 44.1 Å². The Balaban J connectivity index is 2.63. The molecule has 0 bridgehead atoms. The maximum atomic E-state index is 14.5. The number of nitriles is 1. The normalized spacial score (nSPS) is 23.1. The lowest BCUT2D eigenvalue weighted by atomic mass is 9.94. The van der Waals surface area contributed by atoms with Crippen LogP contribution in [0, 0.1) is 18.3 Å². The van der Waals surface area contributed by atoms with Gasteiger partial charge in [-0.05, 0) is 18.6 Å². The van der Waals surface area contributed by atoms with E-state index in [1.165, 1.54) is 11.9 Å². The number of benzene rings is 1. The number of nitrogens with zero attached hydrogens (tertiary/aromatic N) is 2. The number of likely N-dealkylation sites (N-methyl/N-ethyl adjacent to an activating group) is 1. The third-order valence-corrected chi connectivity index (χ3v) is 2.91. The van der Waals surface area contributed by atoms with Gasteiger partial charge in [-0.25, -0.2) is 4.39 Å². The number of fused-ring (bicyclic) bond motifs is 1. The summed E-state index contributed by atoms with van der Waals surface area (Å²) in [6.07, 6.45) is -0.438. The van der Waals surface area contributed by atoms with Crippen LogP contribution in [0.15, 0.2) is 18.2 Å². The number of hydrogen-bond donors (Lipinski definition) is 0. The molecule has 0 spiro atoms. The van der Waals surface area contributed by atoms with Crippen molar-refractivity contribution in [3.63, 3.8) is 0 Å². The molecule has 0 aromatic heterocycles. The third-order valence-electron chi connectivity index (χ3n) is 2.91. The number of carbonyl (C=O) groups is 1. The Bertz CT molecular complexity index is 506. The minimum Gasteiger partial charge on any atom is -0.312 e. The summed E-state index contributed by atoms with van der Waals surface area (Å²) in [6, 6.07) is 6.82. The fourth-order valence-electron chi connectivity index (χ4n) is 2.02. The molecule has 1 heterocycles. The van der Waals surface area contributed by atoms with Crippen molar-refractivity contribution < 1.29 is 9.18 Å². The fraction of sp³-hybridized carbons (Fsp3) is 0.333. The Kier molecular flexibility index (Phi) is 2.20. The number of halogens is 1. The Labute approximate surface area is 93.1 Å². The average molecular weight is 218 g/mol. The quantitative estimate of drug-likeness (QED) is 0.724. The van der Waals surface area contributed by atoms with Gasteiger partial charge in [0.2, 0.25) is 5.67 Å². The van der Waals surface area contributed by atoms with E-state index >= 15 is 0 Å². The first kappa shape index (κ1) is 10.6. The van der Waals surface area contributed by atoms with Gasteiger partial charge in [0.05, 0.1) is 18.2 Å². The second kappa shape index (κ2) is 3.31. The van der Waals surface area contributed by atoms with Crippen LogP contribution < -0.4 is 4.90 Å². The smallest absolute Gasteiger partial charge is 0.270 e. The van der Waals surface area contributed by atoms with Crippen LogP contribution in [0.4, 0.5) is 10.1 Å². The first-order chi connectivity index (χ1) is 7.50. The number of alkyl halides is 1. The predicted molar refractivity (Wildman–Crippen MR) is 57.6 cm³/mol. The van der Waals surface area contributed by atoms with E-state index in [0.717, 1.165) is 5.56 Å².